The Morgan fingerprint density at radius 3 is 2.78 bits per heavy atom. The van der Waals surface area contributed by atoms with E-state index in [2.05, 4.69) is 21.2 Å². The van der Waals surface area contributed by atoms with E-state index in [-0.39, 0.29) is 12.5 Å². The number of hydrogen-bond donors (Lipinski definition) is 1. The maximum atomic E-state index is 13.0. The molecule has 142 valence electrons. The average Bonchev–Trinajstić information content (AvgIpc) is 3.08. The minimum absolute atomic E-state index is 0.130. The van der Waals surface area contributed by atoms with Crippen molar-refractivity contribution in [2.75, 3.05) is 18.7 Å². The van der Waals surface area contributed by atoms with E-state index in [0.29, 0.717) is 21.7 Å². The zero-order valence-corrected chi connectivity index (χ0v) is 15.7. The summed E-state index contributed by atoms with van der Waals surface area (Å²) in [6, 6.07) is 8.72. The van der Waals surface area contributed by atoms with Gasteiger partial charge in [-0.25, -0.2) is 9.18 Å². The van der Waals surface area contributed by atoms with Crippen molar-refractivity contribution in [2.24, 2.45) is 0 Å². The smallest absolute Gasteiger partial charge is 0.344 e. The van der Waals surface area contributed by atoms with Gasteiger partial charge in [-0.05, 0) is 53.2 Å². The first-order chi connectivity index (χ1) is 12.9. The Balaban J connectivity index is 1.49. The predicted molar refractivity (Wildman–Crippen MR) is 96.3 cm³/mol. The molecule has 9 heteroatoms. The number of carbonyl (C=O) groups excluding carboxylic acids is 2. The van der Waals surface area contributed by atoms with Crippen LogP contribution in [0.5, 0.6) is 17.2 Å². The van der Waals surface area contributed by atoms with Crippen LogP contribution < -0.4 is 19.5 Å². The first-order valence-electron chi connectivity index (χ1n) is 7.90. The standard InChI is InChI=1S/C18H15BrFNO6/c1-10(18(23)21-12-3-5-15-16(7-12)26-9-25-15)27-17(22)8-24-14-4-2-11(20)6-13(14)19/h2-7,10H,8-9H2,1H3,(H,21,23). The zero-order chi connectivity index (χ0) is 19.4. The molecule has 0 spiro atoms. The number of anilines is 1. The van der Waals surface area contributed by atoms with Crippen molar-refractivity contribution in [3.05, 3.63) is 46.7 Å². The van der Waals surface area contributed by atoms with Crippen LogP contribution in [-0.2, 0) is 14.3 Å². The molecule has 27 heavy (non-hydrogen) atoms. The van der Waals surface area contributed by atoms with Gasteiger partial charge in [0.25, 0.3) is 5.91 Å². The summed E-state index contributed by atoms with van der Waals surface area (Å²) in [4.78, 5) is 24.0. The van der Waals surface area contributed by atoms with Gasteiger partial charge in [-0.3, -0.25) is 4.79 Å². The van der Waals surface area contributed by atoms with E-state index in [4.69, 9.17) is 18.9 Å². The molecule has 0 aliphatic carbocycles. The van der Waals surface area contributed by atoms with Crippen molar-refractivity contribution in [1.82, 2.24) is 0 Å². The predicted octanol–water partition coefficient (Wildman–Crippen LogP) is 3.27. The van der Waals surface area contributed by atoms with Gasteiger partial charge in [0.15, 0.2) is 24.2 Å². The third-order valence-corrected chi connectivity index (χ3v) is 4.18. The molecule has 1 unspecified atom stereocenters. The molecule has 7 nitrogen and oxygen atoms in total. The van der Waals surface area contributed by atoms with Gasteiger partial charge in [-0.1, -0.05) is 0 Å². The SMILES string of the molecule is CC(OC(=O)COc1ccc(F)cc1Br)C(=O)Nc1ccc2c(c1)OCO2. The molecule has 1 aliphatic rings. The Morgan fingerprint density at radius 2 is 2.00 bits per heavy atom. The minimum atomic E-state index is -1.04. The average molecular weight is 440 g/mol. The second-order valence-electron chi connectivity index (χ2n) is 5.55. The van der Waals surface area contributed by atoms with Crippen LogP contribution in [0.2, 0.25) is 0 Å². The highest BCUT2D eigenvalue weighted by Gasteiger charge is 2.20. The Labute approximate surface area is 162 Å². The van der Waals surface area contributed by atoms with E-state index in [1.165, 1.54) is 25.1 Å². The van der Waals surface area contributed by atoms with Gasteiger partial charge in [0.1, 0.15) is 11.6 Å². The third kappa shape index (κ3) is 4.88. The zero-order valence-electron chi connectivity index (χ0n) is 14.2. The first kappa shape index (κ1) is 19.0. The van der Waals surface area contributed by atoms with Gasteiger partial charge in [0, 0.05) is 11.8 Å². The van der Waals surface area contributed by atoms with Crippen molar-refractivity contribution < 1.29 is 32.9 Å². The van der Waals surface area contributed by atoms with Gasteiger partial charge < -0.3 is 24.3 Å². The number of ether oxygens (including phenoxy) is 4. The van der Waals surface area contributed by atoms with Crippen LogP contribution in [-0.4, -0.2) is 31.4 Å². The molecular formula is C18H15BrFNO6. The number of hydrogen-bond acceptors (Lipinski definition) is 6. The molecular weight excluding hydrogens is 425 g/mol. The number of esters is 1. The maximum Gasteiger partial charge on any atom is 0.344 e. The lowest BCUT2D eigenvalue weighted by atomic mass is 10.2. The Hall–Kier alpha value is -2.81. The number of rotatable bonds is 6. The van der Waals surface area contributed by atoms with Crippen LogP contribution in [0, 0.1) is 5.82 Å². The molecule has 1 aliphatic heterocycles. The van der Waals surface area contributed by atoms with Gasteiger partial charge in [0.05, 0.1) is 4.47 Å². The van der Waals surface area contributed by atoms with Crippen molar-refractivity contribution >= 4 is 33.5 Å². The minimum Gasteiger partial charge on any atom is -0.481 e. The number of carbonyl (C=O) groups is 2. The van der Waals surface area contributed by atoms with Crippen LogP contribution in [0.1, 0.15) is 6.92 Å². The van der Waals surface area contributed by atoms with Crippen LogP contribution in [0.25, 0.3) is 0 Å². The van der Waals surface area contributed by atoms with E-state index in [1.54, 1.807) is 18.2 Å². The summed E-state index contributed by atoms with van der Waals surface area (Å²) in [5.74, 6) is -0.284. The summed E-state index contributed by atoms with van der Waals surface area (Å²) in [6.45, 7) is 1.14. The van der Waals surface area contributed by atoms with E-state index in [1.807, 2.05) is 0 Å². The van der Waals surface area contributed by atoms with E-state index < -0.39 is 30.4 Å². The summed E-state index contributed by atoms with van der Waals surface area (Å²) >= 11 is 3.13. The summed E-state index contributed by atoms with van der Waals surface area (Å²) in [6.07, 6.45) is -1.04. The molecule has 0 bridgehead atoms. The lowest BCUT2D eigenvalue weighted by Gasteiger charge is -2.14. The summed E-state index contributed by atoms with van der Waals surface area (Å²) in [5.41, 5.74) is 0.485. The van der Waals surface area contributed by atoms with Crippen LogP contribution in [0.15, 0.2) is 40.9 Å². The topological polar surface area (TPSA) is 83.1 Å². The van der Waals surface area contributed by atoms with Gasteiger partial charge >= 0.3 is 5.97 Å². The highest BCUT2D eigenvalue weighted by molar-refractivity contribution is 9.10. The normalized spacial score (nSPS) is 13.0. The van der Waals surface area contributed by atoms with Crippen molar-refractivity contribution in [3.63, 3.8) is 0 Å². The molecule has 1 amide bonds. The summed E-state index contributed by atoms with van der Waals surface area (Å²) < 4.78 is 34.1. The number of amides is 1. The maximum absolute atomic E-state index is 13.0. The molecule has 0 radical (unpaired) electrons. The van der Waals surface area contributed by atoms with Gasteiger partial charge in [0.2, 0.25) is 6.79 Å². The van der Waals surface area contributed by atoms with Crippen molar-refractivity contribution in [2.45, 2.75) is 13.0 Å². The number of halogens is 2. The largest absolute Gasteiger partial charge is 0.481 e. The fourth-order valence-corrected chi connectivity index (χ4v) is 2.70. The van der Waals surface area contributed by atoms with E-state index in [9.17, 15) is 14.0 Å². The van der Waals surface area contributed by atoms with Crippen LogP contribution in [0.3, 0.4) is 0 Å². The van der Waals surface area contributed by atoms with E-state index >= 15 is 0 Å². The molecule has 1 atom stereocenters. The fraction of sp³-hybridized carbons (Fsp3) is 0.222. The highest BCUT2D eigenvalue weighted by Crippen LogP contribution is 2.34. The van der Waals surface area contributed by atoms with Gasteiger partial charge in [-0.15, -0.1) is 0 Å². The molecule has 1 heterocycles. The molecule has 2 aromatic rings. The number of nitrogens with one attached hydrogen (secondary N) is 1. The van der Waals surface area contributed by atoms with E-state index in [0.717, 1.165) is 0 Å². The third-order valence-electron chi connectivity index (χ3n) is 3.56. The van der Waals surface area contributed by atoms with Crippen LogP contribution in [0.4, 0.5) is 10.1 Å². The number of benzene rings is 2. The van der Waals surface area contributed by atoms with Crippen LogP contribution >= 0.6 is 15.9 Å². The van der Waals surface area contributed by atoms with Gasteiger partial charge in [-0.2, -0.15) is 0 Å². The molecule has 0 saturated heterocycles. The molecule has 3 rings (SSSR count). The Bertz CT molecular complexity index is 875. The quantitative estimate of drug-likeness (QED) is 0.695. The lowest BCUT2D eigenvalue weighted by Crippen LogP contribution is -2.31. The molecule has 2 aromatic carbocycles. The second-order valence-corrected chi connectivity index (χ2v) is 6.41. The molecule has 0 fully saturated rings. The molecule has 1 N–H and O–H groups in total. The first-order valence-corrected chi connectivity index (χ1v) is 8.69. The lowest BCUT2D eigenvalue weighted by molar-refractivity contribution is -0.155. The highest BCUT2D eigenvalue weighted by atomic mass is 79.9. The number of fused-ring (bicyclic) bond motifs is 1. The Kier molecular flexibility index (Phi) is 5.80. The summed E-state index contributed by atoms with van der Waals surface area (Å²) in [5, 5.41) is 2.62. The monoisotopic (exact) mass is 439 g/mol. The molecule has 0 aromatic heterocycles. The second kappa shape index (κ2) is 8.26. The van der Waals surface area contributed by atoms with Crippen molar-refractivity contribution in [1.29, 1.82) is 0 Å². The fourth-order valence-electron chi connectivity index (χ4n) is 2.23. The summed E-state index contributed by atoms with van der Waals surface area (Å²) in [7, 11) is 0. The van der Waals surface area contributed by atoms with Crippen molar-refractivity contribution in [3.8, 4) is 17.2 Å². The Morgan fingerprint density at radius 1 is 1.22 bits per heavy atom. The molecule has 0 saturated carbocycles.